The van der Waals surface area contributed by atoms with Gasteiger partial charge >= 0.3 is 0 Å². The molecule has 2 aromatic carbocycles. The molecule has 1 N–H and O–H groups in total. The molecule has 1 aliphatic heterocycles. The van der Waals surface area contributed by atoms with Crippen LogP contribution in [0.3, 0.4) is 0 Å². The molecule has 12 heteroatoms. The molecule has 0 aliphatic carbocycles. The van der Waals surface area contributed by atoms with Crippen molar-refractivity contribution in [1.82, 2.24) is 29.0 Å². The van der Waals surface area contributed by atoms with Gasteiger partial charge in [-0.1, -0.05) is 41.4 Å². The number of fused-ring (bicyclic) bond motifs is 1. The van der Waals surface area contributed by atoms with E-state index in [0.29, 0.717) is 56.0 Å². The molecule has 2 aromatic heterocycles. The van der Waals surface area contributed by atoms with E-state index in [1.54, 1.807) is 6.07 Å². The number of likely N-dealkylation sites (N-methyl/N-ethyl adjacent to an activating group) is 1. The predicted octanol–water partition coefficient (Wildman–Crippen LogP) is 3.49. The standard InChI is InChI=1S/C27H31BrN6O4S/c1-4-5-22-24-25(31-34(22)17-18-6-8-19(28)9-7-18)27(35)30-26(29-24)21-16-20(10-11-23(21)38-3)39(36,37)33-14-12-32(2)13-15-33/h6-11,16H,4-5,12-15,17H2,1-3H3,(H,29,30,35). The number of hydrogen-bond acceptors (Lipinski definition) is 7. The first kappa shape index (κ1) is 27.5. The third-order valence-corrected chi connectivity index (χ3v) is 9.38. The first-order chi connectivity index (χ1) is 18.7. The van der Waals surface area contributed by atoms with Gasteiger partial charge in [0, 0.05) is 30.7 Å². The number of aryl methyl sites for hydroxylation is 1. The number of rotatable bonds is 8. The molecule has 1 saturated heterocycles. The number of aromatic nitrogens is 4. The monoisotopic (exact) mass is 614 g/mol. The minimum absolute atomic E-state index is 0.130. The quantitative estimate of drug-likeness (QED) is 0.323. The summed E-state index contributed by atoms with van der Waals surface area (Å²) in [6.45, 7) is 4.72. The zero-order valence-corrected chi connectivity index (χ0v) is 24.5. The zero-order chi connectivity index (χ0) is 27.7. The molecule has 0 saturated carbocycles. The van der Waals surface area contributed by atoms with Gasteiger partial charge in [0.1, 0.15) is 17.1 Å². The van der Waals surface area contributed by atoms with Crippen LogP contribution in [0.5, 0.6) is 5.75 Å². The second kappa shape index (κ2) is 11.2. The molecule has 1 fully saturated rings. The van der Waals surface area contributed by atoms with Gasteiger partial charge in [0.05, 0.1) is 29.8 Å². The summed E-state index contributed by atoms with van der Waals surface area (Å²) in [7, 11) is -0.256. The van der Waals surface area contributed by atoms with E-state index in [1.807, 2.05) is 36.0 Å². The summed E-state index contributed by atoms with van der Waals surface area (Å²) in [4.78, 5) is 23.1. The lowest BCUT2D eigenvalue weighted by molar-refractivity contribution is 0.222. The highest BCUT2D eigenvalue weighted by molar-refractivity contribution is 9.10. The normalized spacial score (nSPS) is 15.2. The summed E-state index contributed by atoms with van der Waals surface area (Å²) in [6, 6.07) is 12.6. The van der Waals surface area contributed by atoms with Gasteiger partial charge in [-0.05, 0) is 49.4 Å². The number of H-pyrrole nitrogens is 1. The van der Waals surface area contributed by atoms with Crippen LogP contribution in [0.15, 0.2) is 56.6 Å². The van der Waals surface area contributed by atoms with Crippen molar-refractivity contribution < 1.29 is 13.2 Å². The number of sulfonamides is 1. The van der Waals surface area contributed by atoms with Gasteiger partial charge < -0.3 is 14.6 Å². The Labute approximate surface area is 235 Å². The van der Waals surface area contributed by atoms with E-state index >= 15 is 0 Å². The molecule has 0 radical (unpaired) electrons. The molecule has 0 bridgehead atoms. The molecule has 3 heterocycles. The van der Waals surface area contributed by atoms with Crippen LogP contribution in [0.1, 0.15) is 24.6 Å². The van der Waals surface area contributed by atoms with Crippen LogP contribution >= 0.6 is 15.9 Å². The molecule has 5 rings (SSSR count). The first-order valence-electron chi connectivity index (χ1n) is 12.8. The van der Waals surface area contributed by atoms with Crippen molar-refractivity contribution in [2.45, 2.75) is 31.2 Å². The number of hydrogen-bond donors (Lipinski definition) is 1. The fraction of sp³-hybridized carbons (Fsp3) is 0.370. The lowest BCUT2D eigenvalue weighted by Gasteiger charge is -2.31. The number of nitrogens with one attached hydrogen (secondary N) is 1. The van der Waals surface area contributed by atoms with Gasteiger partial charge in [0.15, 0.2) is 5.52 Å². The summed E-state index contributed by atoms with van der Waals surface area (Å²) < 4.78 is 36.8. The average molecular weight is 616 g/mol. The highest BCUT2D eigenvalue weighted by Gasteiger charge is 2.29. The van der Waals surface area contributed by atoms with Gasteiger partial charge in [-0.3, -0.25) is 9.48 Å². The van der Waals surface area contributed by atoms with Crippen LogP contribution in [0.4, 0.5) is 0 Å². The van der Waals surface area contributed by atoms with Crippen LogP contribution in [0.25, 0.3) is 22.4 Å². The average Bonchev–Trinajstić information content (AvgIpc) is 3.27. The fourth-order valence-corrected chi connectivity index (χ4v) is 6.49. The Morgan fingerprint density at radius 1 is 1.05 bits per heavy atom. The Balaban J connectivity index is 1.60. The van der Waals surface area contributed by atoms with Gasteiger partial charge in [-0.2, -0.15) is 9.40 Å². The lowest BCUT2D eigenvalue weighted by Crippen LogP contribution is -2.47. The van der Waals surface area contributed by atoms with E-state index in [1.165, 1.54) is 23.5 Å². The summed E-state index contributed by atoms with van der Waals surface area (Å²) in [6.07, 6.45) is 1.52. The van der Waals surface area contributed by atoms with Crippen LogP contribution < -0.4 is 10.3 Å². The van der Waals surface area contributed by atoms with Crippen molar-refractivity contribution in [2.75, 3.05) is 40.3 Å². The van der Waals surface area contributed by atoms with Crippen molar-refractivity contribution >= 4 is 37.0 Å². The molecule has 10 nitrogen and oxygen atoms in total. The molecule has 0 spiro atoms. The second-order valence-corrected chi connectivity index (χ2v) is 12.5. The Kier molecular flexibility index (Phi) is 7.90. The van der Waals surface area contributed by atoms with Gasteiger partial charge in [0.25, 0.3) is 5.56 Å². The van der Waals surface area contributed by atoms with Crippen molar-refractivity contribution in [3.05, 3.63) is 68.5 Å². The Morgan fingerprint density at radius 3 is 2.44 bits per heavy atom. The van der Waals surface area contributed by atoms with Crippen LogP contribution in [-0.4, -0.2) is 77.7 Å². The molecule has 4 aromatic rings. The number of methoxy groups -OCH3 is 1. The third kappa shape index (κ3) is 5.51. The molecule has 1 aliphatic rings. The van der Waals surface area contributed by atoms with Crippen molar-refractivity contribution in [3.8, 4) is 17.1 Å². The predicted molar refractivity (Wildman–Crippen MR) is 154 cm³/mol. The maximum absolute atomic E-state index is 13.5. The molecule has 39 heavy (non-hydrogen) atoms. The van der Waals surface area contributed by atoms with Crippen molar-refractivity contribution in [3.63, 3.8) is 0 Å². The van der Waals surface area contributed by atoms with E-state index in [2.05, 4.69) is 37.8 Å². The first-order valence-corrected chi connectivity index (χ1v) is 15.1. The van der Waals surface area contributed by atoms with Crippen molar-refractivity contribution in [2.24, 2.45) is 0 Å². The summed E-state index contributed by atoms with van der Waals surface area (Å²) in [5, 5.41) is 4.61. The van der Waals surface area contributed by atoms with Crippen LogP contribution in [-0.2, 0) is 23.0 Å². The molecular formula is C27H31BrN6O4S. The minimum atomic E-state index is -3.73. The zero-order valence-electron chi connectivity index (χ0n) is 22.1. The Morgan fingerprint density at radius 2 is 1.77 bits per heavy atom. The largest absolute Gasteiger partial charge is 0.496 e. The topological polar surface area (TPSA) is 113 Å². The van der Waals surface area contributed by atoms with Crippen LogP contribution in [0, 0.1) is 0 Å². The Bertz CT molecular complexity index is 1660. The molecular weight excluding hydrogens is 584 g/mol. The SMILES string of the molecule is CCCc1c2nc(-c3cc(S(=O)(=O)N4CCN(C)CC4)ccc3OC)[nH]c(=O)c2nn1Cc1ccc(Br)cc1. The number of piperazine rings is 1. The van der Waals surface area contributed by atoms with E-state index in [-0.39, 0.29) is 16.2 Å². The van der Waals surface area contributed by atoms with E-state index in [0.717, 1.165) is 22.2 Å². The van der Waals surface area contributed by atoms with Crippen LogP contribution in [0.2, 0.25) is 0 Å². The van der Waals surface area contributed by atoms with Gasteiger partial charge in [-0.25, -0.2) is 13.4 Å². The summed E-state index contributed by atoms with van der Waals surface area (Å²) >= 11 is 3.46. The number of benzene rings is 2. The molecule has 0 atom stereocenters. The highest BCUT2D eigenvalue weighted by atomic mass is 79.9. The lowest BCUT2D eigenvalue weighted by atomic mass is 10.1. The van der Waals surface area contributed by atoms with E-state index < -0.39 is 15.6 Å². The van der Waals surface area contributed by atoms with Crippen molar-refractivity contribution in [1.29, 1.82) is 0 Å². The smallest absolute Gasteiger partial charge is 0.279 e. The summed E-state index contributed by atoms with van der Waals surface area (Å²) in [5.74, 6) is 0.648. The van der Waals surface area contributed by atoms with E-state index in [4.69, 9.17) is 9.72 Å². The van der Waals surface area contributed by atoms with Gasteiger partial charge in [0.2, 0.25) is 10.0 Å². The molecule has 0 amide bonds. The minimum Gasteiger partial charge on any atom is -0.496 e. The molecule has 206 valence electrons. The maximum atomic E-state index is 13.5. The third-order valence-electron chi connectivity index (χ3n) is 6.96. The van der Waals surface area contributed by atoms with E-state index in [9.17, 15) is 13.2 Å². The summed E-state index contributed by atoms with van der Waals surface area (Å²) in [5.41, 5.74) is 2.65. The number of aromatic amines is 1. The number of nitrogens with zero attached hydrogens (tertiary/aromatic N) is 5. The number of halogens is 1. The second-order valence-electron chi connectivity index (χ2n) is 9.66. The Hall–Kier alpha value is -3.06. The highest BCUT2D eigenvalue weighted by Crippen LogP contribution is 2.32. The van der Waals surface area contributed by atoms with Gasteiger partial charge in [-0.15, -0.1) is 0 Å². The maximum Gasteiger partial charge on any atom is 0.279 e. The fourth-order valence-electron chi connectivity index (χ4n) is 4.78. The molecule has 0 unspecified atom stereocenters. The number of ether oxygens (including phenoxy) is 1.